The molecule has 3 amide bonds. The first-order valence-electron chi connectivity index (χ1n) is 17.9. The van der Waals surface area contributed by atoms with Gasteiger partial charge in [0, 0.05) is 41.4 Å². The zero-order chi connectivity index (χ0) is 41.0. The highest BCUT2D eigenvalue weighted by Gasteiger charge is 2.30. The maximum absolute atomic E-state index is 11.9. The Morgan fingerprint density at radius 1 is 0.815 bits per heavy atom. The normalized spacial score (nSPS) is 13.4. The molecule has 16 heteroatoms. The Hall–Kier alpha value is -4.86. The summed E-state index contributed by atoms with van der Waals surface area (Å²) in [6, 6.07) is 9.37. The number of carbonyl (C=O) groups is 5. The highest BCUT2D eigenvalue weighted by molar-refractivity contribution is 7.92. The van der Waals surface area contributed by atoms with E-state index in [0.717, 1.165) is 38.5 Å². The number of nitrogens with one attached hydrogen (secondary N) is 1. The van der Waals surface area contributed by atoms with Crippen molar-refractivity contribution in [1.29, 1.82) is 0 Å². The van der Waals surface area contributed by atoms with E-state index in [4.69, 9.17) is 14.2 Å². The van der Waals surface area contributed by atoms with E-state index in [1.165, 1.54) is 51.9 Å². The smallest absolute Gasteiger partial charge is 0.338 e. The van der Waals surface area contributed by atoms with Crippen molar-refractivity contribution in [2.75, 3.05) is 68.9 Å². The highest BCUT2D eigenvalue weighted by Crippen LogP contribution is 2.31. The van der Waals surface area contributed by atoms with Gasteiger partial charge in [-0.1, -0.05) is 26.7 Å². The van der Waals surface area contributed by atoms with E-state index >= 15 is 0 Å². The van der Waals surface area contributed by atoms with Gasteiger partial charge in [-0.2, -0.15) is 0 Å². The summed E-state index contributed by atoms with van der Waals surface area (Å²) in [5, 5.41) is 0. The van der Waals surface area contributed by atoms with Crippen molar-refractivity contribution in [2.24, 2.45) is 0 Å². The predicted octanol–water partition coefficient (Wildman–Crippen LogP) is 5.41. The Balaban J connectivity index is 0.000000416. The molecule has 1 saturated heterocycles. The van der Waals surface area contributed by atoms with E-state index in [2.05, 4.69) is 9.46 Å². The fourth-order valence-electron chi connectivity index (χ4n) is 5.08. The number of ether oxygens (including phenoxy) is 4. The van der Waals surface area contributed by atoms with Crippen LogP contribution in [0.3, 0.4) is 0 Å². The molecule has 0 spiro atoms. The number of rotatable bonds is 14. The molecule has 1 aliphatic heterocycles. The lowest BCUT2D eigenvalue weighted by molar-refractivity contribution is -0.153. The van der Waals surface area contributed by atoms with Crippen LogP contribution < -0.4 is 24.0 Å². The van der Waals surface area contributed by atoms with Crippen molar-refractivity contribution in [3.63, 3.8) is 0 Å². The molecule has 0 saturated carbocycles. The summed E-state index contributed by atoms with van der Waals surface area (Å²) in [4.78, 5) is 61.7. The number of hydrogen-bond acceptors (Lipinski definition) is 11. The number of likely N-dealkylation sites (tertiary alicyclic amines) is 1. The van der Waals surface area contributed by atoms with Crippen molar-refractivity contribution in [3.05, 3.63) is 42.0 Å². The molecule has 2 aromatic carbocycles. The minimum absolute atomic E-state index is 0.0462. The van der Waals surface area contributed by atoms with Crippen LogP contribution in [-0.4, -0.2) is 103 Å². The van der Waals surface area contributed by atoms with E-state index in [1.807, 2.05) is 13.8 Å². The fraction of sp³-hybridized carbons (Fsp3) is 0.553. The van der Waals surface area contributed by atoms with Crippen molar-refractivity contribution in [3.8, 4) is 11.5 Å². The molecule has 0 aromatic heterocycles. The molecule has 15 nitrogen and oxygen atoms in total. The maximum Gasteiger partial charge on any atom is 0.338 e. The number of sulfonamides is 1. The Bertz CT molecular complexity index is 1670. The first-order valence-corrected chi connectivity index (χ1v) is 19.5. The first kappa shape index (κ1) is 47.2. The summed E-state index contributed by atoms with van der Waals surface area (Å²) >= 11 is 0. The Kier molecular flexibility index (Phi) is 20.7. The largest absolute Gasteiger partial charge is 0.495 e. The monoisotopic (exact) mass is 778 g/mol. The van der Waals surface area contributed by atoms with Gasteiger partial charge in [-0.05, 0) is 68.5 Å². The molecule has 3 rings (SSSR count). The topological polar surface area (TPSA) is 178 Å². The van der Waals surface area contributed by atoms with E-state index < -0.39 is 10.0 Å². The standard InChI is InChI=1S/C15H21NO4.C14H22N2O4S.C9H15NO3/c1-5-6-9-20-15(18)12-7-8-14(19-4)13(10-12)16(3)11(2)17;1-5-6-9-21(18,19)15-12-7-8-14(20-4)13(10-12)16(3)11(2)17;1-7(11)10-6-4-3-5-8(10)9(12)13-2/h7-8,10H,5-6,9H2,1-4H3;7-8,10,15H,5-6,9H2,1-4H3;8H,3-6H2,1-2H3. The van der Waals surface area contributed by atoms with Gasteiger partial charge < -0.3 is 33.6 Å². The van der Waals surface area contributed by atoms with Crippen LogP contribution in [0.1, 0.15) is 89.9 Å². The molecule has 1 heterocycles. The summed E-state index contributed by atoms with van der Waals surface area (Å²) in [7, 11) is 4.24. The predicted molar refractivity (Wildman–Crippen MR) is 209 cm³/mol. The molecule has 0 aliphatic carbocycles. The van der Waals surface area contributed by atoms with Crippen LogP contribution >= 0.6 is 0 Å². The van der Waals surface area contributed by atoms with Crippen LogP contribution in [0.4, 0.5) is 17.1 Å². The number of hydrogen-bond donors (Lipinski definition) is 1. The molecule has 0 bridgehead atoms. The quantitative estimate of drug-likeness (QED) is 0.191. The van der Waals surface area contributed by atoms with Crippen LogP contribution in [-0.2, 0) is 38.7 Å². The molecule has 2 aromatic rings. The van der Waals surface area contributed by atoms with Gasteiger partial charge in [0.05, 0.1) is 56.3 Å². The minimum atomic E-state index is -3.37. The van der Waals surface area contributed by atoms with Crippen LogP contribution in [0.15, 0.2) is 36.4 Å². The lowest BCUT2D eigenvalue weighted by atomic mass is 10.0. The van der Waals surface area contributed by atoms with Gasteiger partial charge in [-0.25, -0.2) is 18.0 Å². The van der Waals surface area contributed by atoms with Crippen LogP contribution in [0.5, 0.6) is 11.5 Å². The average molecular weight is 779 g/mol. The van der Waals surface area contributed by atoms with Gasteiger partial charge >= 0.3 is 11.9 Å². The van der Waals surface area contributed by atoms with E-state index in [-0.39, 0.29) is 41.5 Å². The number of piperidine rings is 1. The first-order chi connectivity index (χ1) is 25.5. The summed E-state index contributed by atoms with van der Waals surface area (Å²) < 4.78 is 46.5. The number of carbonyl (C=O) groups excluding carboxylic acids is 5. The highest BCUT2D eigenvalue weighted by atomic mass is 32.2. The van der Waals surface area contributed by atoms with Gasteiger partial charge in [0.25, 0.3) is 0 Å². The number of amides is 3. The molecule has 1 aliphatic rings. The van der Waals surface area contributed by atoms with Gasteiger partial charge in [0.2, 0.25) is 27.7 Å². The zero-order valence-corrected chi connectivity index (χ0v) is 34.2. The number of unbranched alkanes of at least 4 members (excludes halogenated alkanes) is 2. The third-order valence-electron chi connectivity index (χ3n) is 8.41. The molecule has 302 valence electrons. The van der Waals surface area contributed by atoms with E-state index in [1.54, 1.807) is 55.4 Å². The van der Waals surface area contributed by atoms with Gasteiger partial charge in [-0.15, -0.1) is 0 Å². The Labute approximate surface area is 320 Å². The van der Waals surface area contributed by atoms with Crippen molar-refractivity contribution in [2.45, 2.75) is 85.6 Å². The maximum atomic E-state index is 11.9. The van der Waals surface area contributed by atoms with Crippen molar-refractivity contribution >= 4 is 56.7 Å². The zero-order valence-electron chi connectivity index (χ0n) is 33.4. The summed E-state index contributed by atoms with van der Waals surface area (Å²) in [5.74, 6) is 0.0772. The lowest BCUT2D eigenvalue weighted by Gasteiger charge is -2.32. The second-order valence-electron chi connectivity index (χ2n) is 12.4. The van der Waals surface area contributed by atoms with Crippen LogP contribution in [0, 0.1) is 0 Å². The second kappa shape index (κ2) is 23.7. The third kappa shape index (κ3) is 15.2. The van der Waals surface area contributed by atoms with Crippen LogP contribution in [0.25, 0.3) is 0 Å². The summed E-state index contributed by atoms with van der Waals surface area (Å²) in [6.45, 7) is 9.41. The minimum Gasteiger partial charge on any atom is -0.495 e. The van der Waals surface area contributed by atoms with Crippen molar-refractivity contribution < 1.29 is 51.3 Å². The lowest BCUT2D eigenvalue weighted by Crippen LogP contribution is -2.47. The molecular formula is C38H58N4O11S. The van der Waals surface area contributed by atoms with Crippen molar-refractivity contribution in [1.82, 2.24) is 4.90 Å². The van der Waals surface area contributed by atoms with E-state index in [9.17, 15) is 32.4 Å². The molecule has 1 atom stereocenters. The summed E-state index contributed by atoms with van der Waals surface area (Å²) in [5.41, 5.74) is 1.88. The average Bonchev–Trinajstić information content (AvgIpc) is 3.16. The number of esters is 2. The molecule has 1 N–H and O–H groups in total. The number of anilines is 3. The van der Waals surface area contributed by atoms with E-state index in [0.29, 0.717) is 53.7 Å². The Morgan fingerprint density at radius 3 is 1.87 bits per heavy atom. The van der Waals surface area contributed by atoms with Gasteiger partial charge in [-0.3, -0.25) is 19.1 Å². The second-order valence-corrected chi connectivity index (χ2v) is 14.3. The molecule has 0 radical (unpaired) electrons. The number of nitrogens with zero attached hydrogens (tertiary/aromatic N) is 3. The summed E-state index contributed by atoms with van der Waals surface area (Å²) in [6.07, 6.45) is 5.91. The van der Waals surface area contributed by atoms with Gasteiger partial charge in [0.15, 0.2) is 0 Å². The van der Waals surface area contributed by atoms with Crippen LogP contribution in [0.2, 0.25) is 0 Å². The van der Waals surface area contributed by atoms with Gasteiger partial charge in [0.1, 0.15) is 17.5 Å². The number of methoxy groups -OCH3 is 3. The third-order valence-corrected chi connectivity index (χ3v) is 9.79. The molecular weight excluding hydrogens is 721 g/mol. The SMILES string of the molecule is CCCCOC(=O)c1ccc(OC)c(N(C)C(C)=O)c1.CCCCS(=O)(=O)Nc1ccc(OC)c(N(C)C(C)=O)c1.COC(=O)C1CCCCN1C(C)=O. The molecule has 1 unspecified atom stereocenters. The molecule has 1 fully saturated rings. The Morgan fingerprint density at radius 2 is 1.37 bits per heavy atom. The molecule has 54 heavy (non-hydrogen) atoms. The fourth-order valence-corrected chi connectivity index (χ4v) is 6.34. The number of benzene rings is 2.